The van der Waals surface area contributed by atoms with Gasteiger partial charge in [0.05, 0.1) is 30.7 Å². The Balaban J connectivity index is 1.49. The molecule has 0 aliphatic carbocycles. The van der Waals surface area contributed by atoms with Gasteiger partial charge in [0.2, 0.25) is 17.7 Å². The molecule has 4 saturated heterocycles. The number of carbonyl (C=O) groups excluding carboxylic acids is 3. The van der Waals surface area contributed by atoms with Gasteiger partial charge in [0.1, 0.15) is 11.6 Å². The van der Waals surface area contributed by atoms with E-state index in [1.165, 1.54) is 0 Å². The van der Waals surface area contributed by atoms with Crippen molar-refractivity contribution in [2.24, 2.45) is 17.8 Å². The van der Waals surface area contributed by atoms with Crippen LogP contribution in [0, 0.1) is 17.8 Å². The molecule has 0 radical (unpaired) electrons. The molecule has 10 nitrogen and oxygen atoms in total. The highest BCUT2D eigenvalue weighted by molar-refractivity contribution is 5.99. The van der Waals surface area contributed by atoms with Crippen molar-refractivity contribution in [3.63, 3.8) is 0 Å². The minimum atomic E-state index is -1.11. The number of aliphatic hydroxyl groups is 1. The van der Waals surface area contributed by atoms with Gasteiger partial charge in [0, 0.05) is 59.0 Å². The predicted octanol–water partition coefficient (Wildman–Crippen LogP) is 2.72. The molecule has 2 bridgehead atoms. The summed E-state index contributed by atoms with van der Waals surface area (Å²) in [7, 11) is 0. The molecule has 3 unspecified atom stereocenters. The molecule has 252 valence electrons. The fourth-order valence-corrected chi connectivity index (χ4v) is 8.30. The van der Waals surface area contributed by atoms with Crippen LogP contribution in [0.3, 0.4) is 0 Å². The largest absolute Gasteiger partial charge is 0.396 e. The molecule has 1 aromatic rings. The number of likely N-dealkylation sites (tertiary alicyclic amines) is 1. The Labute approximate surface area is 274 Å². The number of carbonyl (C=O) groups is 3. The average molecular weight is 637 g/mol. The van der Waals surface area contributed by atoms with E-state index in [2.05, 4.69) is 25.0 Å². The molecule has 1 aromatic carbocycles. The third kappa shape index (κ3) is 6.41. The van der Waals surface area contributed by atoms with Crippen LogP contribution < -0.4 is 0 Å². The first-order chi connectivity index (χ1) is 22.2. The van der Waals surface area contributed by atoms with Crippen LogP contribution in [0.25, 0.3) is 0 Å². The van der Waals surface area contributed by atoms with Crippen molar-refractivity contribution in [2.45, 2.75) is 63.3 Å². The maximum atomic E-state index is 14.8. The van der Waals surface area contributed by atoms with E-state index < -0.39 is 29.1 Å². The SMILES string of the molecule is C=CCN(CCN1CCOCC1)C(=O)C1N(CCCCCO)C(=O)[C@@H]2[C@@H](C(=O)N(CC=C)Cc3ccccc3)[C@]3(C)OC12CC3C. The molecule has 5 rings (SSSR count). The predicted molar refractivity (Wildman–Crippen MR) is 176 cm³/mol. The molecule has 3 amide bonds. The Hall–Kier alpha value is -3.05. The lowest BCUT2D eigenvalue weighted by atomic mass is 9.62. The van der Waals surface area contributed by atoms with E-state index in [4.69, 9.17) is 9.47 Å². The summed E-state index contributed by atoms with van der Waals surface area (Å²) >= 11 is 0. The molecule has 4 aliphatic heterocycles. The van der Waals surface area contributed by atoms with E-state index in [-0.39, 0.29) is 30.2 Å². The number of rotatable bonds is 16. The molecule has 1 N–H and O–H groups in total. The summed E-state index contributed by atoms with van der Waals surface area (Å²) in [5, 5.41) is 9.39. The molecule has 4 heterocycles. The molecule has 4 fully saturated rings. The number of nitrogens with zero attached hydrogens (tertiary/aromatic N) is 4. The van der Waals surface area contributed by atoms with Crippen LogP contribution in [0.15, 0.2) is 55.6 Å². The Kier molecular flexibility index (Phi) is 11.0. The second-order valence-corrected chi connectivity index (χ2v) is 13.5. The zero-order valence-electron chi connectivity index (χ0n) is 27.6. The quantitative estimate of drug-likeness (QED) is 0.220. The summed E-state index contributed by atoms with van der Waals surface area (Å²) in [5.74, 6) is -2.00. The zero-order valence-corrected chi connectivity index (χ0v) is 27.6. The lowest BCUT2D eigenvalue weighted by Gasteiger charge is -2.39. The Morgan fingerprint density at radius 2 is 1.72 bits per heavy atom. The van der Waals surface area contributed by atoms with E-state index in [0.29, 0.717) is 71.7 Å². The van der Waals surface area contributed by atoms with Crippen LogP contribution in [-0.2, 0) is 30.4 Å². The molecule has 10 heteroatoms. The zero-order chi connectivity index (χ0) is 32.9. The molecule has 46 heavy (non-hydrogen) atoms. The van der Waals surface area contributed by atoms with Gasteiger partial charge in [-0.2, -0.15) is 0 Å². The molecule has 0 aromatic heterocycles. The van der Waals surface area contributed by atoms with Crippen LogP contribution in [0.2, 0.25) is 0 Å². The number of amides is 3. The Bertz CT molecular complexity index is 1250. The van der Waals surface area contributed by atoms with Crippen molar-refractivity contribution in [3.8, 4) is 0 Å². The summed E-state index contributed by atoms with van der Waals surface area (Å²) in [6, 6.07) is 8.98. The molecule has 1 spiro atoms. The summed E-state index contributed by atoms with van der Waals surface area (Å²) in [6.45, 7) is 17.6. The topological polar surface area (TPSA) is 103 Å². The first kappa shape index (κ1) is 34.3. The van der Waals surface area contributed by atoms with Crippen molar-refractivity contribution < 1.29 is 29.0 Å². The minimum absolute atomic E-state index is 0.0429. The van der Waals surface area contributed by atoms with Gasteiger partial charge in [-0.1, -0.05) is 49.4 Å². The van der Waals surface area contributed by atoms with Crippen molar-refractivity contribution in [3.05, 3.63) is 61.2 Å². The van der Waals surface area contributed by atoms with Crippen molar-refractivity contribution >= 4 is 17.7 Å². The molecular formula is C36H52N4O6. The van der Waals surface area contributed by atoms with Crippen molar-refractivity contribution in [1.29, 1.82) is 0 Å². The lowest BCUT2D eigenvalue weighted by Crippen LogP contribution is -2.57. The Morgan fingerprint density at radius 3 is 2.39 bits per heavy atom. The van der Waals surface area contributed by atoms with Crippen molar-refractivity contribution in [2.75, 3.05) is 65.6 Å². The maximum absolute atomic E-state index is 14.8. The molecule has 6 atom stereocenters. The van der Waals surface area contributed by atoms with Crippen LogP contribution in [0.5, 0.6) is 0 Å². The number of aliphatic hydroxyl groups excluding tert-OH is 1. The first-order valence-corrected chi connectivity index (χ1v) is 17.0. The normalized spacial score (nSPS) is 30.3. The highest BCUT2D eigenvalue weighted by Crippen LogP contribution is 2.65. The fraction of sp³-hybridized carbons (Fsp3) is 0.639. The lowest BCUT2D eigenvalue weighted by molar-refractivity contribution is -0.155. The van der Waals surface area contributed by atoms with Gasteiger partial charge < -0.3 is 29.3 Å². The third-order valence-corrected chi connectivity index (χ3v) is 10.7. The molecular weight excluding hydrogens is 584 g/mol. The highest BCUT2D eigenvalue weighted by atomic mass is 16.5. The third-order valence-electron chi connectivity index (χ3n) is 10.7. The first-order valence-electron chi connectivity index (χ1n) is 17.0. The number of hydrogen-bond donors (Lipinski definition) is 1. The van der Waals surface area contributed by atoms with E-state index in [1.807, 2.05) is 37.3 Å². The number of benzene rings is 1. The summed E-state index contributed by atoms with van der Waals surface area (Å²) in [4.78, 5) is 51.6. The maximum Gasteiger partial charge on any atom is 0.248 e. The summed E-state index contributed by atoms with van der Waals surface area (Å²) in [5.41, 5.74) is -1.01. The van der Waals surface area contributed by atoms with Crippen LogP contribution >= 0.6 is 0 Å². The van der Waals surface area contributed by atoms with E-state index in [1.54, 1.807) is 26.9 Å². The summed E-state index contributed by atoms with van der Waals surface area (Å²) < 4.78 is 12.5. The number of fused-ring (bicyclic) bond motifs is 1. The Morgan fingerprint density at radius 1 is 1.02 bits per heavy atom. The monoisotopic (exact) mass is 636 g/mol. The minimum Gasteiger partial charge on any atom is -0.396 e. The fourth-order valence-electron chi connectivity index (χ4n) is 8.30. The second kappa shape index (κ2) is 14.8. The van der Waals surface area contributed by atoms with Gasteiger partial charge in [0.25, 0.3) is 0 Å². The van der Waals surface area contributed by atoms with Crippen LogP contribution in [0.1, 0.15) is 45.1 Å². The second-order valence-electron chi connectivity index (χ2n) is 13.5. The van der Waals surface area contributed by atoms with Crippen molar-refractivity contribution in [1.82, 2.24) is 19.6 Å². The molecule has 0 saturated carbocycles. The number of morpholine rings is 1. The van der Waals surface area contributed by atoms with E-state index in [9.17, 15) is 19.5 Å². The summed E-state index contributed by atoms with van der Waals surface area (Å²) in [6.07, 6.45) is 5.98. The number of hydrogen-bond acceptors (Lipinski definition) is 7. The van der Waals surface area contributed by atoms with Gasteiger partial charge in [0.15, 0.2) is 0 Å². The van der Waals surface area contributed by atoms with Crippen LogP contribution in [0.4, 0.5) is 0 Å². The smallest absolute Gasteiger partial charge is 0.248 e. The van der Waals surface area contributed by atoms with Gasteiger partial charge in [-0.3, -0.25) is 19.3 Å². The van der Waals surface area contributed by atoms with Gasteiger partial charge in [-0.15, -0.1) is 13.2 Å². The standard InChI is InChI=1S/C36H52N4O6/c1-5-15-38(19-18-37-20-23-45-24-21-37)34(44)31-36-25-27(3)35(4,46-36)29(30(36)33(43)40(31)17-11-8-12-22-41)32(42)39(16-6-2)26-28-13-9-7-10-14-28/h5-7,9-10,13-14,27,29-31,41H,1-2,8,11-12,15-26H2,3-4H3/t27?,29-,30-,31?,35+,36?/m0/s1. The average Bonchev–Trinajstić information content (AvgIpc) is 3.57. The van der Waals surface area contributed by atoms with Gasteiger partial charge in [-0.25, -0.2) is 0 Å². The number of ether oxygens (including phenoxy) is 2. The van der Waals surface area contributed by atoms with E-state index >= 15 is 0 Å². The van der Waals surface area contributed by atoms with Crippen LogP contribution in [-0.4, -0.2) is 125 Å². The van der Waals surface area contributed by atoms with E-state index in [0.717, 1.165) is 25.1 Å². The highest BCUT2D eigenvalue weighted by Gasteiger charge is 2.80. The molecule has 4 aliphatic rings. The number of unbranched alkanes of at least 4 members (excludes halogenated alkanes) is 2. The van der Waals surface area contributed by atoms with Gasteiger partial charge >= 0.3 is 0 Å². The van der Waals surface area contributed by atoms with Gasteiger partial charge in [-0.05, 0) is 44.1 Å².